The van der Waals surface area contributed by atoms with E-state index in [9.17, 15) is 4.79 Å². The van der Waals surface area contributed by atoms with Gasteiger partial charge >= 0.3 is 5.97 Å². The highest BCUT2D eigenvalue weighted by Crippen LogP contribution is 2.22. The second kappa shape index (κ2) is 4.83. The summed E-state index contributed by atoms with van der Waals surface area (Å²) in [4.78, 5) is 10.8. The van der Waals surface area contributed by atoms with Gasteiger partial charge in [0.15, 0.2) is 0 Å². The lowest BCUT2D eigenvalue weighted by molar-refractivity contribution is -0.136. The van der Waals surface area contributed by atoms with Crippen molar-refractivity contribution in [2.24, 2.45) is 0 Å². The zero-order valence-electron chi connectivity index (χ0n) is 9.52. The third kappa shape index (κ3) is 2.53. The van der Waals surface area contributed by atoms with Crippen LogP contribution in [0.2, 0.25) is 0 Å². The molecule has 0 amide bonds. The molecule has 0 saturated heterocycles. The minimum atomic E-state index is -0.801. The van der Waals surface area contributed by atoms with Gasteiger partial charge < -0.3 is 5.11 Å². The van der Waals surface area contributed by atoms with Crippen LogP contribution in [0, 0.1) is 0 Å². The number of aliphatic carboxylic acids is 1. The van der Waals surface area contributed by atoms with Gasteiger partial charge in [0, 0.05) is 0 Å². The molecule has 0 bridgehead atoms. The fraction of sp³-hybridized carbons (Fsp3) is 0.133. The van der Waals surface area contributed by atoms with E-state index < -0.39 is 5.97 Å². The Kier molecular flexibility index (Phi) is 3.24. The first kappa shape index (κ1) is 11.4. The van der Waals surface area contributed by atoms with Crippen LogP contribution in [0.4, 0.5) is 0 Å². The topological polar surface area (TPSA) is 37.3 Å². The molecule has 2 aromatic carbocycles. The summed E-state index contributed by atoms with van der Waals surface area (Å²) >= 11 is 0. The van der Waals surface area contributed by atoms with Crippen molar-refractivity contribution < 1.29 is 9.90 Å². The lowest BCUT2D eigenvalue weighted by atomic mass is 9.97. The molecule has 2 rings (SSSR count). The van der Waals surface area contributed by atoms with Gasteiger partial charge in [-0.3, -0.25) is 4.79 Å². The summed E-state index contributed by atoms with van der Waals surface area (Å²) in [6.45, 7) is 3.74. The van der Waals surface area contributed by atoms with Gasteiger partial charge in [0.1, 0.15) is 0 Å². The Morgan fingerprint density at radius 3 is 2.76 bits per heavy atom. The fourth-order valence-electron chi connectivity index (χ4n) is 2.06. The number of hydrogen-bond acceptors (Lipinski definition) is 1. The number of benzene rings is 2. The smallest absolute Gasteiger partial charge is 0.307 e. The highest BCUT2D eigenvalue weighted by molar-refractivity contribution is 5.87. The molecule has 0 unspecified atom stereocenters. The van der Waals surface area contributed by atoms with Crippen molar-refractivity contribution in [3.8, 4) is 0 Å². The average Bonchev–Trinajstić information content (AvgIpc) is 2.28. The van der Waals surface area contributed by atoms with Gasteiger partial charge in [-0.15, -0.1) is 6.58 Å². The molecule has 2 nitrogen and oxygen atoms in total. The van der Waals surface area contributed by atoms with E-state index in [1.54, 1.807) is 0 Å². The molecular formula is C15H14O2. The van der Waals surface area contributed by atoms with Crippen LogP contribution >= 0.6 is 0 Å². The quantitative estimate of drug-likeness (QED) is 0.813. The molecule has 0 fully saturated rings. The Morgan fingerprint density at radius 1 is 1.29 bits per heavy atom. The highest BCUT2D eigenvalue weighted by atomic mass is 16.4. The Bertz CT molecular complexity index is 570. The van der Waals surface area contributed by atoms with E-state index in [0.29, 0.717) is 0 Å². The minimum Gasteiger partial charge on any atom is -0.481 e. The number of carbonyl (C=O) groups is 1. The molecule has 17 heavy (non-hydrogen) atoms. The summed E-state index contributed by atoms with van der Waals surface area (Å²) in [7, 11) is 0. The van der Waals surface area contributed by atoms with E-state index in [1.165, 1.54) is 5.39 Å². The monoisotopic (exact) mass is 226 g/mol. The van der Waals surface area contributed by atoms with Crippen LogP contribution in [0.5, 0.6) is 0 Å². The van der Waals surface area contributed by atoms with Crippen LogP contribution in [0.3, 0.4) is 0 Å². The van der Waals surface area contributed by atoms with Crippen LogP contribution in [-0.4, -0.2) is 11.1 Å². The summed E-state index contributed by atoms with van der Waals surface area (Å²) in [5, 5.41) is 11.1. The standard InChI is InChI=1S/C15H14O2/c1-2-5-12-8-11(10-15(16)17)9-13-6-3-4-7-14(12)13/h2-4,6-9H,1,5,10H2,(H,16,17). The van der Waals surface area contributed by atoms with Gasteiger partial charge in [-0.05, 0) is 28.3 Å². The van der Waals surface area contributed by atoms with Gasteiger partial charge in [0.2, 0.25) is 0 Å². The van der Waals surface area contributed by atoms with Gasteiger partial charge in [-0.2, -0.15) is 0 Å². The SMILES string of the molecule is C=CCc1cc(CC(=O)O)cc2ccccc12. The normalized spacial score (nSPS) is 10.4. The second-order valence-corrected chi connectivity index (χ2v) is 4.04. The van der Waals surface area contributed by atoms with Crippen molar-refractivity contribution in [3.05, 3.63) is 60.2 Å². The number of hydrogen-bond donors (Lipinski definition) is 1. The van der Waals surface area contributed by atoms with Crippen LogP contribution in [0.1, 0.15) is 11.1 Å². The van der Waals surface area contributed by atoms with Gasteiger partial charge in [0.05, 0.1) is 6.42 Å². The minimum absolute atomic E-state index is 0.0645. The van der Waals surface area contributed by atoms with E-state index in [1.807, 2.05) is 36.4 Å². The number of fused-ring (bicyclic) bond motifs is 1. The van der Waals surface area contributed by atoms with Crippen molar-refractivity contribution in [1.29, 1.82) is 0 Å². The molecule has 86 valence electrons. The van der Waals surface area contributed by atoms with Gasteiger partial charge in [-0.25, -0.2) is 0 Å². The highest BCUT2D eigenvalue weighted by Gasteiger charge is 2.05. The van der Waals surface area contributed by atoms with Crippen LogP contribution < -0.4 is 0 Å². The van der Waals surface area contributed by atoms with Crippen molar-refractivity contribution in [1.82, 2.24) is 0 Å². The first-order chi connectivity index (χ1) is 8.20. The number of carboxylic acid groups (broad SMARTS) is 1. The molecule has 0 aliphatic heterocycles. The molecule has 2 heteroatoms. The zero-order valence-corrected chi connectivity index (χ0v) is 9.52. The molecule has 0 aromatic heterocycles. The van der Waals surface area contributed by atoms with E-state index in [2.05, 4.69) is 12.6 Å². The maximum atomic E-state index is 10.8. The zero-order chi connectivity index (χ0) is 12.3. The van der Waals surface area contributed by atoms with Crippen LogP contribution in [-0.2, 0) is 17.6 Å². The van der Waals surface area contributed by atoms with Crippen molar-refractivity contribution in [2.45, 2.75) is 12.8 Å². The van der Waals surface area contributed by atoms with Crippen molar-refractivity contribution >= 4 is 16.7 Å². The summed E-state index contributed by atoms with van der Waals surface area (Å²) in [5.41, 5.74) is 1.97. The van der Waals surface area contributed by atoms with E-state index >= 15 is 0 Å². The van der Waals surface area contributed by atoms with Crippen LogP contribution in [0.25, 0.3) is 10.8 Å². The molecule has 0 aliphatic carbocycles. The fourth-order valence-corrected chi connectivity index (χ4v) is 2.06. The summed E-state index contributed by atoms with van der Waals surface area (Å²) in [6, 6.07) is 11.9. The maximum Gasteiger partial charge on any atom is 0.307 e. The Morgan fingerprint density at radius 2 is 2.06 bits per heavy atom. The maximum absolute atomic E-state index is 10.8. The molecular weight excluding hydrogens is 212 g/mol. The third-order valence-electron chi connectivity index (χ3n) is 2.73. The molecule has 0 spiro atoms. The summed E-state index contributed by atoms with van der Waals surface area (Å²) < 4.78 is 0. The van der Waals surface area contributed by atoms with Crippen molar-refractivity contribution in [3.63, 3.8) is 0 Å². The van der Waals surface area contributed by atoms with Crippen LogP contribution in [0.15, 0.2) is 49.1 Å². The lowest BCUT2D eigenvalue weighted by Crippen LogP contribution is -2.01. The molecule has 0 saturated carbocycles. The molecule has 0 heterocycles. The average molecular weight is 226 g/mol. The lowest BCUT2D eigenvalue weighted by Gasteiger charge is -2.07. The predicted octanol–water partition coefficient (Wildman–Crippen LogP) is 3.20. The molecule has 2 aromatic rings. The Balaban J connectivity index is 2.57. The molecule has 0 aliphatic rings. The number of allylic oxidation sites excluding steroid dienone is 1. The second-order valence-electron chi connectivity index (χ2n) is 4.04. The van der Waals surface area contributed by atoms with E-state index in [0.717, 1.165) is 22.9 Å². The largest absolute Gasteiger partial charge is 0.481 e. The third-order valence-corrected chi connectivity index (χ3v) is 2.73. The van der Waals surface area contributed by atoms with E-state index in [4.69, 9.17) is 5.11 Å². The number of carboxylic acids is 1. The van der Waals surface area contributed by atoms with Crippen molar-refractivity contribution in [2.75, 3.05) is 0 Å². The predicted molar refractivity (Wildman–Crippen MR) is 69.2 cm³/mol. The molecule has 1 N–H and O–H groups in total. The molecule has 0 atom stereocenters. The first-order valence-corrected chi connectivity index (χ1v) is 5.54. The summed E-state index contributed by atoms with van der Waals surface area (Å²) in [5.74, 6) is -0.801. The van der Waals surface area contributed by atoms with E-state index in [-0.39, 0.29) is 6.42 Å². The Labute approximate surface area is 100 Å². The Hall–Kier alpha value is -2.09. The first-order valence-electron chi connectivity index (χ1n) is 5.54. The summed E-state index contributed by atoms with van der Waals surface area (Å²) in [6.07, 6.45) is 2.66. The van der Waals surface area contributed by atoms with Gasteiger partial charge in [0.25, 0.3) is 0 Å². The van der Waals surface area contributed by atoms with Gasteiger partial charge in [-0.1, -0.05) is 42.5 Å². The number of rotatable bonds is 4. The molecule has 0 radical (unpaired) electrons.